The van der Waals surface area contributed by atoms with Crippen molar-refractivity contribution in [3.8, 4) is 0 Å². The smallest absolute Gasteiger partial charge is 0.349 e. The van der Waals surface area contributed by atoms with E-state index in [4.69, 9.17) is 11.6 Å². The molecule has 0 aliphatic carbocycles. The predicted octanol–water partition coefficient (Wildman–Crippen LogP) is 5.44. The number of piperazine rings is 1. The monoisotopic (exact) mass is 507 g/mol. The Labute approximate surface area is 207 Å². The molecule has 1 aliphatic rings. The van der Waals surface area contributed by atoms with Gasteiger partial charge in [0, 0.05) is 38.3 Å². The van der Waals surface area contributed by atoms with Crippen LogP contribution in [0.15, 0.2) is 41.2 Å². The molecule has 1 fully saturated rings. The molecule has 0 radical (unpaired) electrons. The van der Waals surface area contributed by atoms with Crippen molar-refractivity contribution in [1.29, 1.82) is 0 Å². The Hall–Kier alpha value is -2.65. The van der Waals surface area contributed by atoms with Crippen molar-refractivity contribution in [2.45, 2.75) is 57.9 Å². The third kappa shape index (κ3) is 4.89. The molecule has 1 unspecified atom stereocenters. The largest absolute Gasteiger partial charge is 0.416 e. The number of nitrogens with zero attached hydrogens (tertiary/aromatic N) is 5. The van der Waals surface area contributed by atoms with Crippen molar-refractivity contribution >= 4 is 28.5 Å². The molecule has 1 aliphatic heterocycles. The number of alkyl halides is 3. The summed E-state index contributed by atoms with van der Waals surface area (Å²) in [6, 6.07) is 8.93. The molecule has 188 valence electrons. The molecule has 2 aromatic heterocycles. The quantitative estimate of drug-likeness (QED) is 0.430. The number of halogens is 4. The molecule has 0 spiro atoms. The van der Waals surface area contributed by atoms with Crippen LogP contribution >= 0.6 is 11.6 Å². The van der Waals surface area contributed by atoms with Gasteiger partial charge in [0.15, 0.2) is 5.82 Å². The molecule has 0 N–H and O–H groups in total. The lowest BCUT2D eigenvalue weighted by Gasteiger charge is -2.49. The summed E-state index contributed by atoms with van der Waals surface area (Å²) in [6.07, 6.45) is -2.73. The summed E-state index contributed by atoms with van der Waals surface area (Å²) in [4.78, 5) is 26.0. The van der Waals surface area contributed by atoms with Crippen LogP contribution in [0.4, 0.5) is 19.0 Å². The summed E-state index contributed by atoms with van der Waals surface area (Å²) in [7, 11) is 1.66. The van der Waals surface area contributed by atoms with Gasteiger partial charge in [-0.1, -0.05) is 37.6 Å². The van der Waals surface area contributed by atoms with Crippen LogP contribution in [0.1, 0.15) is 50.8 Å². The normalized spacial score (nSPS) is 20.4. The van der Waals surface area contributed by atoms with Crippen LogP contribution in [0.3, 0.4) is 0 Å². The summed E-state index contributed by atoms with van der Waals surface area (Å²) in [5.74, 6) is 0.526. The van der Waals surface area contributed by atoms with Gasteiger partial charge in [0.1, 0.15) is 10.7 Å². The number of hydrogen-bond acceptors (Lipinski definition) is 5. The summed E-state index contributed by atoms with van der Waals surface area (Å²) >= 11 is 6.20. The molecule has 3 heterocycles. The summed E-state index contributed by atoms with van der Waals surface area (Å²) in [5.41, 5.74) is 1.07. The van der Waals surface area contributed by atoms with Crippen molar-refractivity contribution in [2.75, 3.05) is 18.0 Å². The first-order valence-electron chi connectivity index (χ1n) is 11.8. The molecule has 0 bridgehead atoms. The van der Waals surface area contributed by atoms with E-state index < -0.39 is 11.7 Å². The van der Waals surface area contributed by atoms with E-state index in [1.807, 2.05) is 6.92 Å². The Morgan fingerprint density at radius 2 is 1.69 bits per heavy atom. The van der Waals surface area contributed by atoms with Crippen LogP contribution in [-0.4, -0.2) is 44.6 Å². The average Bonchev–Trinajstić information content (AvgIpc) is 2.84. The third-order valence-electron chi connectivity index (χ3n) is 7.07. The maximum absolute atomic E-state index is 13.0. The molecule has 10 heteroatoms. The van der Waals surface area contributed by atoms with Crippen molar-refractivity contribution in [1.82, 2.24) is 19.4 Å². The minimum atomic E-state index is -4.36. The molecule has 0 saturated carbocycles. The lowest BCUT2D eigenvalue weighted by atomic mass is 9.96. The molecule has 6 nitrogen and oxygen atoms in total. The minimum Gasteiger partial charge on any atom is -0.349 e. The van der Waals surface area contributed by atoms with Crippen LogP contribution in [-0.2, 0) is 13.2 Å². The van der Waals surface area contributed by atoms with Gasteiger partial charge in [-0.05, 0) is 49.6 Å². The van der Waals surface area contributed by atoms with Gasteiger partial charge in [-0.2, -0.15) is 18.2 Å². The standard InChI is InChI=1S/C25H29ClF3N5O/c1-5-18-14-34(23-22-20(11-12-21(26)30-22)32(4)24(35)31-23)19(6-2)13-33(18)15(3)16-7-9-17(10-8-16)25(27,28)29/h7-12,15,18-19H,5-6,13-14H2,1-4H3/t15?,18-,19+/m1/s1. The maximum Gasteiger partial charge on any atom is 0.416 e. The highest BCUT2D eigenvalue weighted by atomic mass is 35.5. The van der Waals surface area contributed by atoms with Crippen molar-refractivity contribution in [3.63, 3.8) is 0 Å². The van der Waals surface area contributed by atoms with Gasteiger partial charge < -0.3 is 4.90 Å². The van der Waals surface area contributed by atoms with E-state index in [9.17, 15) is 18.0 Å². The van der Waals surface area contributed by atoms with E-state index in [-0.39, 0.29) is 23.8 Å². The Morgan fingerprint density at radius 1 is 1.03 bits per heavy atom. The van der Waals surface area contributed by atoms with Gasteiger partial charge in [0.05, 0.1) is 11.1 Å². The van der Waals surface area contributed by atoms with Crippen LogP contribution in [0.2, 0.25) is 5.15 Å². The van der Waals surface area contributed by atoms with Gasteiger partial charge in [-0.25, -0.2) is 9.78 Å². The fourth-order valence-electron chi connectivity index (χ4n) is 4.95. The molecule has 1 aromatic carbocycles. The van der Waals surface area contributed by atoms with Crippen LogP contribution in [0.25, 0.3) is 11.0 Å². The van der Waals surface area contributed by atoms with E-state index in [1.54, 1.807) is 31.3 Å². The minimum absolute atomic E-state index is 0.0401. The maximum atomic E-state index is 13.0. The highest BCUT2D eigenvalue weighted by molar-refractivity contribution is 6.29. The van der Waals surface area contributed by atoms with Crippen LogP contribution in [0.5, 0.6) is 0 Å². The molecular formula is C25H29ClF3N5O. The molecule has 0 amide bonds. The zero-order chi connectivity index (χ0) is 25.5. The number of aryl methyl sites for hydroxylation is 1. The Balaban J connectivity index is 1.69. The van der Waals surface area contributed by atoms with E-state index in [0.29, 0.717) is 35.1 Å². The Bertz CT molecular complexity index is 1260. The Morgan fingerprint density at radius 3 is 2.29 bits per heavy atom. The highest BCUT2D eigenvalue weighted by Crippen LogP contribution is 2.35. The van der Waals surface area contributed by atoms with Gasteiger partial charge in [-0.15, -0.1) is 0 Å². The number of fused-ring (bicyclic) bond motifs is 1. The number of aromatic nitrogens is 3. The van der Waals surface area contributed by atoms with Gasteiger partial charge in [-0.3, -0.25) is 9.47 Å². The lowest BCUT2D eigenvalue weighted by molar-refractivity contribution is -0.137. The van der Waals surface area contributed by atoms with E-state index >= 15 is 0 Å². The zero-order valence-corrected chi connectivity index (χ0v) is 20.9. The molecule has 3 aromatic rings. The summed E-state index contributed by atoms with van der Waals surface area (Å²) < 4.78 is 40.5. The fraction of sp³-hybridized carbons (Fsp3) is 0.480. The molecule has 35 heavy (non-hydrogen) atoms. The Kier molecular flexibility index (Phi) is 7.11. The first-order chi connectivity index (χ1) is 16.5. The topological polar surface area (TPSA) is 54.3 Å². The second-order valence-electron chi connectivity index (χ2n) is 9.05. The van der Waals surface area contributed by atoms with Crippen molar-refractivity contribution in [3.05, 3.63) is 63.2 Å². The van der Waals surface area contributed by atoms with Crippen molar-refractivity contribution < 1.29 is 13.2 Å². The van der Waals surface area contributed by atoms with Gasteiger partial charge >= 0.3 is 11.9 Å². The number of anilines is 1. The fourth-order valence-corrected chi connectivity index (χ4v) is 5.09. The second-order valence-corrected chi connectivity index (χ2v) is 9.43. The number of rotatable bonds is 5. The van der Waals surface area contributed by atoms with Crippen LogP contribution in [0, 0.1) is 0 Å². The number of hydrogen-bond donors (Lipinski definition) is 0. The van der Waals surface area contributed by atoms with E-state index in [1.165, 1.54) is 4.57 Å². The first kappa shape index (κ1) is 25.4. The van der Waals surface area contributed by atoms with Gasteiger partial charge in [0.2, 0.25) is 0 Å². The van der Waals surface area contributed by atoms with Gasteiger partial charge in [0.25, 0.3) is 0 Å². The average molecular weight is 508 g/mol. The number of pyridine rings is 1. The molecule has 4 rings (SSSR count). The SMILES string of the molecule is CC[C@H]1CN(C(C)c2ccc(C(F)(F)F)cc2)[C@H](CC)CN1c1nc(=O)n(C)c2ccc(Cl)nc12. The van der Waals surface area contributed by atoms with E-state index in [2.05, 4.69) is 33.6 Å². The highest BCUT2D eigenvalue weighted by Gasteiger charge is 2.37. The van der Waals surface area contributed by atoms with Crippen LogP contribution < -0.4 is 10.6 Å². The molecular weight excluding hydrogens is 479 g/mol. The van der Waals surface area contributed by atoms with Crippen molar-refractivity contribution in [2.24, 2.45) is 7.05 Å². The van der Waals surface area contributed by atoms with E-state index in [0.717, 1.165) is 30.5 Å². The number of benzene rings is 1. The second kappa shape index (κ2) is 9.78. The third-order valence-corrected chi connectivity index (χ3v) is 7.28. The first-order valence-corrected chi connectivity index (χ1v) is 12.2. The molecule has 1 saturated heterocycles. The predicted molar refractivity (Wildman–Crippen MR) is 132 cm³/mol. The lowest BCUT2D eigenvalue weighted by Crippen LogP contribution is -2.59. The summed E-state index contributed by atoms with van der Waals surface area (Å²) in [6.45, 7) is 7.49. The molecule has 3 atom stereocenters. The zero-order valence-electron chi connectivity index (χ0n) is 20.2. The summed E-state index contributed by atoms with van der Waals surface area (Å²) in [5, 5.41) is 0.328.